The van der Waals surface area contributed by atoms with Gasteiger partial charge in [0, 0.05) is 36.8 Å². The number of nitrogens with zero attached hydrogens (tertiary/aromatic N) is 2. The molecule has 6 nitrogen and oxygen atoms in total. The van der Waals surface area contributed by atoms with Crippen LogP contribution in [-0.2, 0) is 11.3 Å². The molecule has 0 spiro atoms. The maximum Gasteiger partial charge on any atom is 0.337 e. The van der Waals surface area contributed by atoms with Gasteiger partial charge in [0.15, 0.2) is 0 Å². The molecule has 10 heteroatoms. The lowest BCUT2D eigenvalue weighted by Crippen LogP contribution is -2.42. The van der Waals surface area contributed by atoms with Gasteiger partial charge in [-0.3, -0.25) is 9.80 Å². The fraction of sp³-hybridized carbons (Fsp3) is 0.267. The summed E-state index contributed by atoms with van der Waals surface area (Å²) in [5.41, 5.74) is 5.15. The van der Waals surface area contributed by atoms with Gasteiger partial charge in [-0.2, -0.15) is 0 Å². The van der Waals surface area contributed by atoms with Gasteiger partial charge in [0.05, 0.1) is 39.1 Å². The zero-order valence-corrected chi connectivity index (χ0v) is 24.4. The van der Waals surface area contributed by atoms with E-state index >= 15 is 0 Å². The number of urea groups is 1. The minimum absolute atomic E-state index is 0.104. The van der Waals surface area contributed by atoms with Crippen LogP contribution in [0.5, 0.6) is 0 Å². The molecule has 0 unspecified atom stereocenters. The maximum atomic E-state index is 14.0. The van der Waals surface area contributed by atoms with E-state index in [0.29, 0.717) is 17.3 Å². The van der Waals surface area contributed by atoms with E-state index in [1.807, 2.05) is 12.1 Å². The molecule has 2 aliphatic rings. The van der Waals surface area contributed by atoms with Gasteiger partial charge in [0.25, 0.3) is 0 Å². The Morgan fingerprint density at radius 1 is 1.02 bits per heavy atom. The number of carbonyl (C=O) groups is 2. The van der Waals surface area contributed by atoms with E-state index < -0.39 is 17.8 Å². The first kappa shape index (κ1) is 28.4. The minimum Gasteiger partial charge on any atom is -0.465 e. The first-order valence-corrected chi connectivity index (χ1v) is 13.9. The Labute approximate surface area is 247 Å². The highest BCUT2D eigenvalue weighted by molar-refractivity contribution is 6.41. The number of ether oxygens (including phenoxy) is 1. The van der Waals surface area contributed by atoms with E-state index in [4.69, 9.17) is 39.5 Å². The van der Waals surface area contributed by atoms with Crippen molar-refractivity contribution in [2.24, 2.45) is 0 Å². The van der Waals surface area contributed by atoms with Crippen LogP contribution in [0.1, 0.15) is 41.8 Å². The lowest BCUT2D eigenvalue weighted by atomic mass is 9.89. The van der Waals surface area contributed by atoms with Crippen LogP contribution in [0.3, 0.4) is 0 Å². The molecule has 0 saturated carbocycles. The van der Waals surface area contributed by atoms with Crippen LogP contribution in [0.4, 0.5) is 20.6 Å². The highest BCUT2D eigenvalue weighted by Gasteiger charge is 2.32. The second kappa shape index (κ2) is 11.4. The number of rotatable bonds is 5. The maximum absolute atomic E-state index is 14.0. The molecule has 3 aromatic rings. The number of fused-ring (bicyclic) bond motifs is 1. The molecule has 2 amide bonds. The van der Waals surface area contributed by atoms with Gasteiger partial charge < -0.3 is 10.1 Å². The van der Waals surface area contributed by atoms with Crippen LogP contribution in [-0.4, -0.2) is 43.1 Å². The van der Waals surface area contributed by atoms with Gasteiger partial charge in [0.1, 0.15) is 5.82 Å². The molecule has 0 fully saturated rings. The van der Waals surface area contributed by atoms with Crippen molar-refractivity contribution in [2.75, 3.05) is 25.1 Å². The molecule has 1 N–H and O–H groups in total. The van der Waals surface area contributed by atoms with Crippen LogP contribution >= 0.6 is 34.8 Å². The normalized spacial score (nSPS) is 15.6. The van der Waals surface area contributed by atoms with E-state index in [2.05, 4.69) is 30.1 Å². The van der Waals surface area contributed by atoms with Crippen molar-refractivity contribution in [3.05, 3.63) is 86.1 Å². The number of carbonyl (C=O) groups excluding carboxylic acids is 2. The SMILES string of the molecule is COC(=O)c1cc(Cl)c(N2C(=O)NCc3c(-c4ccc(F)cc4Cl)cc(C4=CCN(C(C)C)CC4)cc32)c(Cl)c1. The zero-order chi connectivity index (χ0) is 28.7. The van der Waals surface area contributed by atoms with Gasteiger partial charge in [0.2, 0.25) is 0 Å². The Bertz CT molecular complexity index is 1530. The van der Waals surface area contributed by atoms with E-state index in [1.54, 1.807) is 6.07 Å². The van der Waals surface area contributed by atoms with Gasteiger partial charge >= 0.3 is 12.0 Å². The third-order valence-electron chi connectivity index (χ3n) is 7.31. The highest BCUT2D eigenvalue weighted by Crippen LogP contribution is 2.46. The average molecular weight is 603 g/mol. The molecule has 3 aromatic carbocycles. The molecule has 0 atom stereocenters. The molecule has 5 rings (SSSR count). The predicted molar refractivity (Wildman–Crippen MR) is 158 cm³/mol. The second-order valence-corrected chi connectivity index (χ2v) is 11.2. The minimum atomic E-state index is -0.603. The Morgan fingerprint density at radius 2 is 1.75 bits per heavy atom. The molecule has 208 valence electrons. The fourth-order valence-corrected chi connectivity index (χ4v) is 6.11. The first-order chi connectivity index (χ1) is 19.1. The Hall–Kier alpha value is -3.10. The molecule has 0 aromatic heterocycles. The van der Waals surface area contributed by atoms with Crippen molar-refractivity contribution in [1.82, 2.24) is 10.2 Å². The highest BCUT2D eigenvalue weighted by atomic mass is 35.5. The van der Waals surface area contributed by atoms with Crippen LogP contribution in [0, 0.1) is 5.82 Å². The van der Waals surface area contributed by atoms with Gasteiger partial charge in [-0.25, -0.2) is 14.0 Å². The number of hydrogen-bond acceptors (Lipinski definition) is 4. The first-order valence-electron chi connectivity index (χ1n) is 12.8. The molecule has 40 heavy (non-hydrogen) atoms. The van der Waals surface area contributed by atoms with Crippen molar-refractivity contribution in [3.8, 4) is 11.1 Å². The van der Waals surface area contributed by atoms with Gasteiger partial charge in [-0.1, -0.05) is 40.9 Å². The number of nitrogens with one attached hydrogen (secondary N) is 1. The summed E-state index contributed by atoms with van der Waals surface area (Å²) in [4.78, 5) is 29.3. The number of benzene rings is 3. The number of esters is 1. The summed E-state index contributed by atoms with van der Waals surface area (Å²) in [6.07, 6.45) is 3.01. The zero-order valence-electron chi connectivity index (χ0n) is 22.2. The van der Waals surface area contributed by atoms with E-state index in [-0.39, 0.29) is 32.9 Å². The third-order valence-corrected chi connectivity index (χ3v) is 8.20. The quantitative estimate of drug-likeness (QED) is 0.300. The predicted octanol–water partition coefficient (Wildman–Crippen LogP) is 8.10. The van der Waals surface area contributed by atoms with Gasteiger partial charge in [-0.05, 0) is 79.4 Å². The van der Waals surface area contributed by atoms with Crippen molar-refractivity contribution >= 4 is 63.8 Å². The standard InChI is InChI=1S/C30H27Cl3FN3O3/c1-16(2)36-8-6-17(7-9-36)18-10-22(21-5-4-20(34)14-24(21)31)23-15-35-30(39)37(27(23)13-18)28-25(32)11-19(12-26(28)33)29(38)40-3/h4-6,10-14,16H,7-9,15H2,1-3H3,(H,35,39). The van der Waals surface area contributed by atoms with Crippen LogP contribution in [0.15, 0.2) is 48.5 Å². The summed E-state index contributed by atoms with van der Waals surface area (Å²) in [6.45, 7) is 6.24. The van der Waals surface area contributed by atoms with Crippen LogP contribution in [0.2, 0.25) is 15.1 Å². The summed E-state index contributed by atoms with van der Waals surface area (Å²) >= 11 is 19.8. The number of halogens is 4. The lowest BCUT2D eigenvalue weighted by molar-refractivity contribution is 0.0600. The molecular weight excluding hydrogens is 576 g/mol. The van der Waals surface area contributed by atoms with Crippen molar-refractivity contribution in [2.45, 2.75) is 32.9 Å². The van der Waals surface area contributed by atoms with E-state index in [1.165, 1.54) is 36.3 Å². The number of amides is 2. The summed E-state index contributed by atoms with van der Waals surface area (Å²) in [5.74, 6) is -1.05. The third kappa shape index (κ3) is 5.31. The van der Waals surface area contributed by atoms with E-state index in [9.17, 15) is 14.0 Å². The smallest absolute Gasteiger partial charge is 0.337 e. The summed E-state index contributed by atoms with van der Waals surface area (Å²) in [7, 11) is 1.26. The lowest BCUT2D eigenvalue weighted by Gasteiger charge is -2.34. The molecule has 2 aliphatic heterocycles. The second-order valence-electron chi connectivity index (χ2n) is 9.99. The Kier molecular flexibility index (Phi) is 8.11. The fourth-order valence-electron chi connectivity index (χ4n) is 5.18. The van der Waals surface area contributed by atoms with E-state index in [0.717, 1.165) is 41.8 Å². The van der Waals surface area contributed by atoms with Crippen molar-refractivity contribution < 1.29 is 18.7 Å². The topological polar surface area (TPSA) is 61.9 Å². The van der Waals surface area contributed by atoms with Crippen molar-refractivity contribution in [3.63, 3.8) is 0 Å². The monoisotopic (exact) mass is 601 g/mol. The summed E-state index contributed by atoms with van der Waals surface area (Å²) < 4.78 is 18.8. The molecule has 0 bridgehead atoms. The summed E-state index contributed by atoms with van der Waals surface area (Å²) in [5, 5.41) is 3.35. The van der Waals surface area contributed by atoms with Crippen LogP contribution < -0.4 is 10.2 Å². The largest absolute Gasteiger partial charge is 0.465 e. The molecule has 0 saturated heterocycles. The number of anilines is 2. The molecule has 0 radical (unpaired) electrons. The summed E-state index contributed by atoms with van der Waals surface area (Å²) in [6, 6.07) is 11.1. The van der Waals surface area contributed by atoms with Crippen LogP contribution in [0.25, 0.3) is 16.7 Å². The Balaban J connectivity index is 1.73. The number of hydrogen-bond donors (Lipinski definition) is 1. The number of methoxy groups -OCH3 is 1. The Morgan fingerprint density at radius 3 is 2.35 bits per heavy atom. The van der Waals surface area contributed by atoms with Gasteiger partial charge in [-0.15, -0.1) is 0 Å². The molecule has 0 aliphatic carbocycles. The average Bonchev–Trinajstić information content (AvgIpc) is 2.92. The van der Waals surface area contributed by atoms with Crippen molar-refractivity contribution in [1.29, 1.82) is 0 Å². The molecule has 2 heterocycles. The molecular formula is C30H27Cl3FN3O3.